The Morgan fingerprint density at radius 2 is 2.41 bits per heavy atom. The van der Waals surface area contributed by atoms with E-state index in [1.807, 2.05) is 28.9 Å². The van der Waals surface area contributed by atoms with Gasteiger partial charge in [-0.05, 0) is 25.2 Å². The summed E-state index contributed by atoms with van der Waals surface area (Å²) in [5, 5.41) is 8.25. The molecule has 1 aromatic heterocycles. The molecule has 0 aliphatic carbocycles. The topological polar surface area (TPSA) is 42.3 Å². The van der Waals surface area contributed by atoms with Gasteiger partial charge in [0.05, 0.1) is 18.8 Å². The Morgan fingerprint density at radius 3 is 3.00 bits per heavy atom. The molecule has 0 saturated carbocycles. The Labute approximate surface area is 108 Å². The summed E-state index contributed by atoms with van der Waals surface area (Å²) in [6.07, 6.45) is 1.98. The van der Waals surface area contributed by atoms with Gasteiger partial charge < -0.3 is 15.0 Å². The summed E-state index contributed by atoms with van der Waals surface area (Å²) in [5.74, 6) is 0. The van der Waals surface area contributed by atoms with E-state index in [0.717, 1.165) is 18.8 Å². The van der Waals surface area contributed by atoms with Crippen molar-refractivity contribution in [3.05, 3.63) is 18.0 Å². The number of nitrogens with one attached hydrogen (secondary N) is 1. The molecular formula is C11H20N4OS. The lowest BCUT2D eigenvalue weighted by Gasteiger charge is -2.19. The number of ether oxygens (including phenoxy) is 1. The molecule has 5 nitrogen and oxygen atoms in total. The van der Waals surface area contributed by atoms with Crippen LogP contribution < -0.4 is 5.32 Å². The number of rotatable bonds is 6. The first kappa shape index (κ1) is 13.9. The second kappa shape index (κ2) is 7.24. The molecule has 0 spiro atoms. The first-order valence-corrected chi connectivity index (χ1v) is 6.08. The third-order valence-electron chi connectivity index (χ3n) is 2.35. The highest BCUT2D eigenvalue weighted by Gasteiger charge is 2.06. The van der Waals surface area contributed by atoms with Crippen molar-refractivity contribution in [2.45, 2.75) is 20.0 Å². The Bertz CT molecular complexity index is 353. The molecule has 0 saturated heterocycles. The summed E-state index contributed by atoms with van der Waals surface area (Å²) in [7, 11) is 3.62. The highest BCUT2D eigenvalue weighted by Crippen LogP contribution is 2.00. The van der Waals surface area contributed by atoms with E-state index in [2.05, 4.69) is 17.3 Å². The Morgan fingerprint density at radius 1 is 1.65 bits per heavy atom. The van der Waals surface area contributed by atoms with Crippen LogP contribution in [0.4, 0.5) is 0 Å². The van der Waals surface area contributed by atoms with Crippen LogP contribution in [0, 0.1) is 0 Å². The number of hydrogen-bond acceptors (Lipinski definition) is 3. The Balaban J connectivity index is 2.37. The molecule has 6 heteroatoms. The molecule has 17 heavy (non-hydrogen) atoms. The normalized spacial score (nSPS) is 10.3. The first-order valence-electron chi connectivity index (χ1n) is 5.67. The van der Waals surface area contributed by atoms with Crippen LogP contribution in [0.1, 0.15) is 12.6 Å². The fraction of sp³-hybridized carbons (Fsp3) is 0.636. The first-order chi connectivity index (χ1) is 8.17. The molecule has 0 amide bonds. The highest BCUT2D eigenvalue weighted by molar-refractivity contribution is 7.80. The van der Waals surface area contributed by atoms with Crippen molar-refractivity contribution in [2.75, 3.05) is 27.3 Å². The molecule has 1 rings (SSSR count). The second-order valence-electron chi connectivity index (χ2n) is 3.74. The maximum Gasteiger partial charge on any atom is 0.169 e. The predicted molar refractivity (Wildman–Crippen MR) is 71.8 cm³/mol. The fourth-order valence-electron chi connectivity index (χ4n) is 1.37. The summed E-state index contributed by atoms with van der Waals surface area (Å²) in [6, 6.07) is 2.01. The lowest BCUT2D eigenvalue weighted by atomic mass is 10.4. The molecule has 0 fully saturated rings. The van der Waals surface area contributed by atoms with E-state index in [-0.39, 0.29) is 0 Å². The van der Waals surface area contributed by atoms with Crippen LogP contribution in [0.3, 0.4) is 0 Å². The second-order valence-corrected chi connectivity index (χ2v) is 4.13. The smallest absolute Gasteiger partial charge is 0.169 e. The number of nitrogens with zero attached hydrogens (tertiary/aromatic N) is 3. The van der Waals surface area contributed by atoms with Crippen molar-refractivity contribution in [1.29, 1.82) is 0 Å². The average molecular weight is 256 g/mol. The van der Waals surface area contributed by atoms with Gasteiger partial charge in [0.15, 0.2) is 5.11 Å². The van der Waals surface area contributed by atoms with Crippen molar-refractivity contribution < 1.29 is 4.74 Å². The van der Waals surface area contributed by atoms with E-state index in [4.69, 9.17) is 17.0 Å². The molecule has 1 heterocycles. The van der Waals surface area contributed by atoms with E-state index in [1.165, 1.54) is 0 Å². The van der Waals surface area contributed by atoms with Crippen LogP contribution in [0.2, 0.25) is 0 Å². The van der Waals surface area contributed by atoms with Gasteiger partial charge >= 0.3 is 0 Å². The molecular weight excluding hydrogens is 236 g/mol. The van der Waals surface area contributed by atoms with E-state index in [9.17, 15) is 0 Å². The van der Waals surface area contributed by atoms with Gasteiger partial charge in [0.2, 0.25) is 0 Å². The maximum atomic E-state index is 5.25. The van der Waals surface area contributed by atoms with Crippen LogP contribution in [0.25, 0.3) is 0 Å². The van der Waals surface area contributed by atoms with Crippen molar-refractivity contribution in [3.8, 4) is 0 Å². The molecule has 0 aliphatic heterocycles. The summed E-state index contributed by atoms with van der Waals surface area (Å²) in [6.45, 7) is 5.05. The van der Waals surface area contributed by atoms with E-state index in [1.54, 1.807) is 7.11 Å². The fourth-order valence-corrected chi connectivity index (χ4v) is 1.54. The zero-order valence-electron chi connectivity index (χ0n) is 10.6. The largest absolute Gasteiger partial charge is 0.383 e. The number of thiocarbonyl (C=S) groups is 1. The molecule has 0 unspecified atom stereocenters. The Hall–Kier alpha value is -1.14. The molecule has 1 N–H and O–H groups in total. The number of hydrogen-bond donors (Lipinski definition) is 1. The minimum atomic E-state index is 0.651. The van der Waals surface area contributed by atoms with E-state index in [0.29, 0.717) is 18.3 Å². The molecule has 0 bridgehead atoms. The summed E-state index contributed by atoms with van der Waals surface area (Å²) in [4.78, 5) is 1.97. The monoisotopic (exact) mass is 256 g/mol. The van der Waals surface area contributed by atoms with Crippen LogP contribution in [-0.4, -0.2) is 47.1 Å². The van der Waals surface area contributed by atoms with Gasteiger partial charge in [0.1, 0.15) is 0 Å². The average Bonchev–Trinajstić information content (AvgIpc) is 2.77. The third-order valence-corrected chi connectivity index (χ3v) is 2.80. The van der Waals surface area contributed by atoms with Crippen LogP contribution in [0.5, 0.6) is 0 Å². The predicted octanol–water partition coefficient (Wildman–Crippen LogP) is 0.856. The quantitative estimate of drug-likeness (QED) is 0.604. The van der Waals surface area contributed by atoms with Crippen LogP contribution >= 0.6 is 12.2 Å². The van der Waals surface area contributed by atoms with E-state index < -0.39 is 0 Å². The van der Waals surface area contributed by atoms with Gasteiger partial charge in [-0.1, -0.05) is 0 Å². The molecule has 0 aromatic carbocycles. The highest BCUT2D eigenvalue weighted by atomic mass is 32.1. The molecule has 0 atom stereocenters. The SMILES string of the molecule is CCn1ccc(CN(C)C(=S)NCCOC)n1. The van der Waals surface area contributed by atoms with Gasteiger partial charge in [-0.25, -0.2) is 0 Å². The lowest BCUT2D eigenvalue weighted by molar-refractivity contribution is 0.203. The zero-order valence-corrected chi connectivity index (χ0v) is 11.5. The van der Waals surface area contributed by atoms with Gasteiger partial charge in [0.25, 0.3) is 0 Å². The molecule has 1 aromatic rings. The summed E-state index contributed by atoms with van der Waals surface area (Å²) < 4.78 is 6.86. The molecule has 96 valence electrons. The van der Waals surface area contributed by atoms with Crippen LogP contribution in [0.15, 0.2) is 12.3 Å². The van der Waals surface area contributed by atoms with Crippen molar-refractivity contribution in [1.82, 2.24) is 20.0 Å². The van der Waals surface area contributed by atoms with Gasteiger partial charge in [-0.15, -0.1) is 0 Å². The van der Waals surface area contributed by atoms with Crippen molar-refractivity contribution in [2.24, 2.45) is 0 Å². The number of methoxy groups -OCH3 is 1. The van der Waals surface area contributed by atoms with Crippen LogP contribution in [-0.2, 0) is 17.8 Å². The standard InChI is InChI=1S/C11H20N4OS/c1-4-15-7-5-10(13-15)9-14(2)11(17)12-6-8-16-3/h5,7H,4,6,8-9H2,1-3H3,(H,12,17). The number of aryl methyl sites for hydroxylation is 1. The Kier molecular flexibility index (Phi) is 5.93. The zero-order chi connectivity index (χ0) is 12.7. The maximum absolute atomic E-state index is 5.25. The van der Waals surface area contributed by atoms with Gasteiger partial charge in [0, 0.05) is 33.4 Å². The summed E-state index contributed by atoms with van der Waals surface area (Å²) in [5.41, 5.74) is 1.02. The lowest BCUT2D eigenvalue weighted by Crippen LogP contribution is -2.38. The number of aromatic nitrogens is 2. The summed E-state index contributed by atoms with van der Waals surface area (Å²) >= 11 is 5.25. The minimum Gasteiger partial charge on any atom is -0.383 e. The van der Waals surface area contributed by atoms with Gasteiger partial charge in [-0.2, -0.15) is 5.10 Å². The van der Waals surface area contributed by atoms with E-state index >= 15 is 0 Å². The minimum absolute atomic E-state index is 0.651. The van der Waals surface area contributed by atoms with Gasteiger partial charge in [-0.3, -0.25) is 4.68 Å². The molecule has 0 aliphatic rings. The molecule has 0 radical (unpaired) electrons. The third kappa shape index (κ3) is 4.70. The van der Waals surface area contributed by atoms with Crippen molar-refractivity contribution in [3.63, 3.8) is 0 Å². The van der Waals surface area contributed by atoms with Crippen molar-refractivity contribution >= 4 is 17.3 Å².